The van der Waals surface area contributed by atoms with Crippen molar-refractivity contribution in [1.29, 1.82) is 0 Å². The molecule has 5 N–H and O–H groups in total. The van der Waals surface area contributed by atoms with Crippen LogP contribution in [-0.2, 0) is 13.0 Å². The molecule has 3 rings (SSSR count). The first-order chi connectivity index (χ1) is 13.0. The zero-order valence-electron chi connectivity index (χ0n) is 14.7. The molecule has 3 heterocycles. The smallest absolute Gasteiger partial charge is 0.268 e. The van der Waals surface area contributed by atoms with Crippen molar-refractivity contribution in [1.82, 2.24) is 19.2 Å². The van der Waals surface area contributed by atoms with Gasteiger partial charge >= 0.3 is 0 Å². The first kappa shape index (κ1) is 18.7. The Morgan fingerprint density at radius 2 is 2.22 bits per heavy atom. The third-order valence-electron chi connectivity index (χ3n) is 4.14. The van der Waals surface area contributed by atoms with Gasteiger partial charge in [0.2, 0.25) is 0 Å². The van der Waals surface area contributed by atoms with E-state index in [-0.39, 0.29) is 17.1 Å². The average Bonchev–Trinajstić information content (AvgIpc) is 2.94. The first-order valence-electron chi connectivity index (χ1n) is 8.32. The molecule has 0 fully saturated rings. The van der Waals surface area contributed by atoms with Crippen molar-refractivity contribution < 1.29 is 0 Å². The molecule has 0 saturated heterocycles. The predicted octanol–water partition coefficient (Wildman–Crippen LogP) is 1.60. The molecule has 0 aromatic carbocycles. The second kappa shape index (κ2) is 7.65. The van der Waals surface area contributed by atoms with Gasteiger partial charge in [-0.3, -0.25) is 4.79 Å². The summed E-state index contributed by atoms with van der Waals surface area (Å²) in [5.41, 5.74) is 13.3. The van der Waals surface area contributed by atoms with E-state index in [1.54, 1.807) is 23.8 Å². The van der Waals surface area contributed by atoms with Crippen LogP contribution in [0.1, 0.15) is 11.3 Å². The van der Waals surface area contributed by atoms with E-state index in [9.17, 15) is 4.79 Å². The van der Waals surface area contributed by atoms with Gasteiger partial charge in [0.05, 0.1) is 12.3 Å². The molecule has 0 unspecified atom stereocenters. The zero-order valence-corrected chi connectivity index (χ0v) is 15.5. The molecule has 3 aromatic heterocycles. The highest BCUT2D eigenvalue weighted by Gasteiger charge is 2.18. The molecular weight excluding hydrogens is 368 g/mol. The Morgan fingerprint density at radius 3 is 2.93 bits per heavy atom. The Kier molecular flexibility index (Phi) is 5.30. The lowest BCUT2D eigenvalue weighted by atomic mass is 10.2. The minimum atomic E-state index is -0.0764. The summed E-state index contributed by atoms with van der Waals surface area (Å²) in [6, 6.07) is 3.59. The van der Waals surface area contributed by atoms with Gasteiger partial charge in [0.1, 0.15) is 16.7 Å². The fourth-order valence-corrected chi connectivity index (χ4v) is 2.94. The summed E-state index contributed by atoms with van der Waals surface area (Å²) in [7, 11) is 0. The largest absolute Gasteiger partial charge is 0.392 e. The van der Waals surface area contributed by atoms with Gasteiger partial charge in [-0.25, -0.2) is 14.3 Å². The third kappa shape index (κ3) is 3.45. The summed E-state index contributed by atoms with van der Waals surface area (Å²) < 4.78 is 2.94. The SMILES string of the molecule is [C-]#[N+]c1c(NCCc2cccn(CCN)c2=O)nc2c(Cl)c(C)nn2c1N. The molecule has 0 radical (unpaired) electrons. The van der Waals surface area contributed by atoms with Gasteiger partial charge in [0, 0.05) is 31.4 Å². The van der Waals surface area contributed by atoms with Crippen molar-refractivity contribution >= 4 is 34.6 Å². The number of fused-ring (bicyclic) bond motifs is 1. The molecule has 0 bridgehead atoms. The highest BCUT2D eigenvalue weighted by Crippen LogP contribution is 2.33. The number of pyridine rings is 1. The van der Waals surface area contributed by atoms with Gasteiger partial charge < -0.3 is 21.4 Å². The number of aryl methyl sites for hydroxylation is 1. The van der Waals surface area contributed by atoms with E-state index >= 15 is 0 Å². The summed E-state index contributed by atoms with van der Waals surface area (Å²) >= 11 is 6.22. The van der Waals surface area contributed by atoms with E-state index in [2.05, 4.69) is 20.2 Å². The molecule has 0 saturated carbocycles. The topological polar surface area (TPSA) is 121 Å². The number of halogens is 1. The van der Waals surface area contributed by atoms with Crippen LogP contribution >= 0.6 is 11.6 Å². The van der Waals surface area contributed by atoms with Gasteiger partial charge in [-0.15, -0.1) is 0 Å². The van der Waals surface area contributed by atoms with E-state index in [1.807, 2.05) is 6.07 Å². The van der Waals surface area contributed by atoms with E-state index < -0.39 is 0 Å². The Morgan fingerprint density at radius 1 is 1.44 bits per heavy atom. The monoisotopic (exact) mass is 386 g/mol. The number of nitrogen functional groups attached to an aromatic ring is 1. The Bertz CT molecular complexity index is 1090. The number of aromatic nitrogens is 4. The van der Waals surface area contributed by atoms with Crippen molar-refractivity contribution in [3.05, 3.63) is 56.4 Å². The number of rotatable bonds is 6. The molecule has 3 aromatic rings. The Labute approximate surface area is 160 Å². The highest BCUT2D eigenvalue weighted by molar-refractivity contribution is 6.34. The molecule has 9 nitrogen and oxygen atoms in total. The maximum absolute atomic E-state index is 12.4. The maximum Gasteiger partial charge on any atom is 0.268 e. The molecule has 10 heteroatoms. The summed E-state index contributed by atoms with van der Waals surface area (Å²) in [5.74, 6) is 0.479. The van der Waals surface area contributed by atoms with Crippen molar-refractivity contribution in [2.45, 2.75) is 19.9 Å². The van der Waals surface area contributed by atoms with E-state index in [0.29, 0.717) is 53.8 Å². The van der Waals surface area contributed by atoms with Crippen LogP contribution in [0.2, 0.25) is 5.02 Å². The van der Waals surface area contributed by atoms with Gasteiger partial charge in [-0.05, 0) is 19.4 Å². The summed E-state index contributed by atoms with van der Waals surface area (Å²) in [6.07, 6.45) is 2.17. The molecule has 0 atom stereocenters. The van der Waals surface area contributed by atoms with Crippen LogP contribution in [0.5, 0.6) is 0 Å². The number of hydrogen-bond donors (Lipinski definition) is 3. The van der Waals surface area contributed by atoms with Crippen molar-refractivity contribution in [2.75, 3.05) is 24.1 Å². The zero-order chi connectivity index (χ0) is 19.6. The van der Waals surface area contributed by atoms with Crippen LogP contribution in [-0.4, -0.2) is 32.3 Å². The number of anilines is 2. The lowest BCUT2D eigenvalue weighted by Gasteiger charge is -2.11. The van der Waals surface area contributed by atoms with Crippen molar-refractivity contribution in [3.63, 3.8) is 0 Å². The summed E-state index contributed by atoms with van der Waals surface area (Å²) in [4.78, 5) is 20.2. The number of hydrogen-bond acceptors (Lipinski definition) is 6. The second-order valence-electron chi connectivity index (χ2n) is 5.94. The number of nitrogens with zero attached hydrogens (tertiary/aromatic N) is 5. The molecule has 0 amide bonds. The van der Waals surface area contributed by atoms with E-state index in [0.717, 1.165) is 0 Å². The van der Waals surface area contributed by atoms with Gasteiger partial charge in [0.15, 0.2) is 5.65 Å². The molecule has 0 aliphatic rings. The minimum Gasteiger partial charge on any atom is -0.392 e. The molecule has 0 aliphatic heterocycles. The maximum atomic E-state index is 12.4. The predicted molar refractivity (Wildman–Crippen MR) is 105 cm³/mol. The lowest BCUT2D eigenvalue weighted by molar-refractivity contribution is 0.672. The lowest BCUT2D eigenvalue weighted by Crippen LogP contribution is -2.27. The number of nitrogens with one attached hydrogen (secondary N) is 1. The normalized spacial score (nSPS) is 10.9. The van der Waals surface area contributed by atoms with Crippen molar-refractivity contribution in [3.8, 4) is 0 Å². The fraction of sp³-hybridized carbons (Fsp3) is 0.294. The van der Waals surface area contributed by atoms with Gasteiger partial charge in [-0.1, -0.05) is 17.7 Å². The van der Waals surface area contributed by atoms with Crippen LogP contribution in [0, 0.1) is 13.5 Å². The summed E-state index contributed by atoms with van der Waals surface area (Å²) in [5, 5.41) is 7.67. The Hall–Kier alpha value is -3.09. The molecule has 140 valence electrons. The molecule has 27 heavy (non-hydrogen) atoms. The Balaban J connectivity index is 1.86. The highest BCUT2D eigenvalue weighted by atomic mass is 35.5. The quantitative estimate of drug-likeness (QED) is 0.553. The van der Waals surface area contributed by atoms with E-state index in [1.165, 1.54) is 4.52 Å². The standard InChI is InChI=1S/C17H19ClN8O/c1-10-12(18)16-23-15(13(21-2)14(20)26(16)24-10)22-7-5-11-4-3-8-25(9-6-19)17(11)27/h3-4,8H,5-7,9,19-20H2,1H3,(H,22,23). The summed E-state index contributed by atoms with van der Waals surface area (Å²) in [6.45, 7) is 10.4. The van der Waals surface area contributed by atoms with Crippen LogP contribution < -0.4 is 22.3 Å². The van der Waals surface area contributed by atoms with E-state index in [4.69, 9.17) is 29.6 Å². The third-order valence-corrected chi connectivity index (χ3v) is 4.59. The number of nitrogens with two attached hydrogens (primary N) is 2. The fourth-order valence-electron chi connectivity index (χ4n) is 2.78. The van der Waals surface area contributed by atoms with Crippen LogP contribution in [0.25, 0.3) is 10.5 Å². The molecule has 0 aliphatic carbocycles. The first-order valence-corrected chi connectivity index (χ1v) is 8.69. The second-order valence-corrected chi connectivity index (χ2v) is 6.32. The van der Waals surface area contributed by atoms with Crippen LogP contribution in [0.4, 0.5) is 17.3 Å². The minimum absolute atomic E-state index is 0.0764. The van der Waals surface area contributed by atoms with Crippen LogP contribution in [0.15, 0.2) is 23.1 Å². The van der Waals surface area contributed by atoms with Crippen LogP contribution in [0.3, 0.4) is 0 Å². The average molecular weight is 387 g/mol. The van der Waals surface area contributed by atoms with Gasteiger partial charge in [-0.2, -0.15) is 5.10 Å². The molecular formula is C17H19ClN8O. The molecule has 0 spiro atoms. The van der Waals surface area contributed by atoms with Crippen molar-refractivity contribution in [2.24, 2.45) is 5.73 Å². The van der Waals surface area contributed by atoms with Gasteiger partial charge in [0.25, 0.3) is 11.2 Å².